The lowest BCUT2D eigenvalue weighted by Gasteiger charge is -2.52. The Kier molecular flexibility index (Phi) is 5.02. The van der Waals surface area contributed by atoms with E-state index in [1.165, 1.54) is 0 Å². The maximum absolute atomic E-state index is 13.1. The Balaban J connectivity index is 1.11. The van der Waals surface area contributed by atoms with Gasteiger partial charge in [0.05, 0.1) is 18.4 Å². The van der Waals surface area contributed by atoms with Crippen molar-refractivity contribution in [2.45, 2.75) is 93.0 Å². The van der Waals surface area contributed by atoms with Crippen LogP contribution < -0.4 is 10.1 Å². The van der Waals surface area contributed by atoms with Gasteiger partial charge in [0.1, 0.15) is 11.5 Å². The van der Waals surface area contributed by atoms with Gasteiger partial charge in [0, 0.05) is 33.9 Å². The molecule has 7 rings (SSSR count). The van der Waals surface area contributed by atoms with Crippen molar-refractivity contribution in [3.63, 3.8) is 0 Å². The molecule has 0 unspecified atom stereocenters. The molecule has 0 radical (unpaired) electrons. The van der Waals surface area contributed by atoms with Crippen LogP contribution >= 0.6 is 11.6 Å². The minimum atomic E-state index is -0.776. The molecule has 33 heavy (non-hydrogen) atoms. The summed E-state index contributed by atoms with van der Waals surface area (Å²) in [5, 5.41) is 23.9. The average Bonchev–Trinajstić information content (AvgIpc) is 3.29. The molecule has 1 amide bonds. The van der Waals surface area contributed by atoms with E-state index in [0.717, 1.165) is 63.0 Å². The maximum Gasteiger partial charge on any atom is 0.261 e. The van der Waals surface area contributed by atoms with E-state index in [1.54, 1.807) is 18.2 Å². The van der Waals surface area contributed by atoms with E-state index in [9.17, 15) is 15.0 Å². The number of hydrogen-bond donors (Lipinski definition) is 3. The second kappa shape index (κ2) is 7.72. The molecule has 1 aromatic carbocycles. The minimum absolute atomic E-state index is 0.0527. The molecule has 1 aliphatic heterocycles. The van der Waals surface area contributed by atoms with Crippen LogP contribution in [0.25, 0.3) is 0 Å². The van der Waals surface area contributed by atoms with Crippen LogP contribution in [0.15, 0.2) is 28.8 Å². The molecule has 4 fully saturated rings. The summed E-state index contributed by atoms with van der Waals surface area (Å²) in [5.74, 6) is 2.37. The Morgan fingerprint density at radius 3 is 2.52 bits per heavy atom. The normalized spacial score (nSPS) is 37.1. The first-order valence-electron chi connectivity index (χ1n) is 12.0. The number of amides is 1. The van der Waals surface area contributed by atoms with Crippen molar-refractivity contribution >= 4 is 17.5 Å². The molecule has 2 heterocycles. The van der Waals surface area contributed by atoms with Crippen molar-refractivity contribution in [1.82, 2.24) is 10.3 Å². The number of hydrogen-bond acceptors (Lipinski definition) is 6. The van der Waals surface area contributed by atoms with E-state index in [4.69, 9.17) is 20.8 Å². The fourth-order valence-corrected chi connectivity index (χ4v) is 6.34. The summed E-state index contributed by atoms with van der Waals surface area (Å²) in [4.78, 5) is 17.8. The highest BCUT2D eigenvalue weighted by molar-refractivity contribution is 6.30. The van der Waals surface area contributed by atoms with E-state index in [1.807, 2.05) is 6.20 Å². The van der Waals surface area contributed by atoms with Crippen LogP contribution in [-0.4, -0.2) is 38.9 Å². The predicted molar refractivity (Wildman–Crippen MR) is 120 cm³/mol. The van der Waals surface area contributed by atoms with Crippen LogP contribution in [0, 0.1) is 0 Å². The number of ether oxygens (including phenoxy) is 1. The van der Waals surface area contributed by atoms with Gasteiger partial charge in [-0.15, -0.1) is 0 Å². The lowest BCUT2D eigenvalue weighted by atomic mass is 9.57. The van der Waals surface area contributed by atoms with Crippen LogP contribution in [0.5, 0.6) is 5.75 Å². The predicted octanol–water partition coefficient (Wildman–Crippen LogP) is 3.91. The molecule has 7 nitrogen and oxygen atoms in total. The monoisotopic (exact) mass is 472 g/mol. The van der Waals surface area contributed by atoms with Gasteiger partial charge >= 0.3 is 0 Å². The van der Waals surface area contributed by atoms with Gasteiger partial charge < -0.3 is 24.7 Å². The highest BCUT2D eigenvalue weighted by Gasteiger charge is 2.53. The van der Waals surface area contributed by atoms with Crippen LogP contribution in [-0.2, 0) is 10.2 Å². The Labute approximate surface area is 197 Å². The fourth-order valence-electron chi connectivity index (χ4n) is 6.16. The zero-order chi connectivity index (χ0) is 22.8. The number of carbonyl (C=O) groups excluding carboxylic acids is 1. The molecular weight excluding hydrogens is 444 g/mol. The van der Waals surface area contributed by atoms with Crippen molar-refractivity contribution < 1.29 is 24.2 Å². The summed E-state index contributed by atoms with van der Waals surface area (Å²) in [6.07, 6.45) is 7.27. The summed E-state index contributed by atoms with van der Waals surface area (Å²) in [6.45, 7) is 0. The average molecular weight is 473 g/mol. The minimum Gasteiger partial charge on any atom is -0.480 e. The van der Waals surface area contributed by atoms with Crippen molar-refractivity contribution in [2.24, 2.45) is 0 Å². The van der Waals surface area contributed by atoms with Gasteiger partial charge in [0.2, 0.25) is 5.89 Å². The molecule has 4 saturated carbocycles. The summed E-state index contributed by atoms with van der Waals surface area (Å²) in [6, 6.07) is 5.11. The van der Waals surface area contributed by atoms with Gasteiger partial charge in [-0.2, -0.15) is 0 Å². The number of fused-ring (bicyclic) bond motifs is 4. The molecule has 2 atom stereocenters. The first-order chi connectivity index (χ1) is 15.8. The van der Waals surface area contributed by atoms with Crippen LogP contribution in [0.3, 0.4) is 0 Å². The van der Waals surface area contributed by atoms with Crippen LogP contribution in [0.1, 0.15) is 87.0 Å². The molecule has 0 saturated heterocycles. The summed E-state index contributed by atoms with van der Waals surface area (Å²) in [5.41, 5.74) is 0.343. The highest BCUT2D eigenvalue weighted by Crippen LogP contribution is 2.54. The maximum atomic E-state index is 13.1. The third kappa shape index (κ3) is 3.65. The van der Waals surface area contributed by atoms with Gasteiger partial charge in [0.25, 0.3) is 5.91 Å². The van der Waals surface area contributed by atoms with E-state index >= 15 is 0 Å². The van der Waals surface area contributed by atoms with E-state index in [2.05, 4.69) is 10.3 Å². The quantitative estimate of drug-likeness (QED) is 0.623. The standard InChI is InChI=1S/C25H29ClN2O5/c26-15-1-2-19-17(11-15)18(30)12-20(32-19)22(31)28-25-6-3-24(4-7-25,5-8-25)23-27-13-21(33-23)14-9-16(29)10-14/h1-2,11,13-14,16,18,20,29-30H,3-10,12H2,(H,28,31)/t14?,16?,18-,20-,24?,25?/m1/s1. The Morgan fingerprint density at radius 2 is 1.82 bits per heavy atom. The number of carbonyl (C=O) groups is 1. The zero-order valence-electron chi connectivity index (χ0n) is 18.4. The second-order valence-electron chi connectivity index (χ2n) is 10.5. The molecule has 2 aromatic rings. The van der Waals surface area contributed by atoms with Crippen LogP contribution in [0.2, 0.25) is 5.02 Å². The van der Waals surface area contributed by atoms with E-state index < -0.39 is 12.2 Å². The van der Waals surface area contributed by atoms with Gasteiger partial charge in [-0.3, -0.25) is 4.79 Å². The number of oxazole rings is 1. The van der Waals surface area contributed by atoms with Crippen molar-refractivity contribution in [3.05, 3.63) is 46.6 Å². The van der Waals surface area contributed by atoms with Gasteiger partial charge in [-0.1, -0.05) is 11.6 Å². The molecule has 2 bridgehead atoms. The largest absolute Gasteiger partial charge is 0.480 e. The van der Waals surface area contributed by atoms with Gasteiger partial charge in [-0.25, -0.2) is 4.98 Å². The summed E-state index contributed by atoms with van der Waals surface area (Å²) >= 11 is 6.03. The van der Waals surface area contributed by atoms with E-state index in [0.29, 0.717) is 16.3 Å². The molecule has 1 aromatic heterocycles. The molecule has 8 heteroatoms. The highest BCUT2D eigenvalue weighted by atomic mass is 35.5. The number of aliphatic hydroxyl groups is 2. The number of halogens is 1. The molecule has 0 spiro atoms. The lowest BCUT2D eigenvalue weighted by molar-refractivity contribution is -0.134. The molecule has 3 N–H and O–H groups in total. The number of aliphatic hydroxyl groups excluding tert-OH is 2. The zero-order valence-corrected chi connectivity index (χ0v) is 19.2. The van der Waals surface area contributed by atoms with Crippen molar-refractivity contribution in [1.29, 1.82) is 0 Å². The number of rotatable bonds is 4. The first-order valence-corrected chi connectivity index (χ1v) is 12.3. The molecule has 4 aliphatic carbocycles. The third-order valence-electron chi connectivity index (χ3n) is 8.46. The Bertz CT molecular complexity index is 1050. The number of nitrogens with zero attached hydrogens (tertiary/aromatic N) is 1. The summed E-state index contributed by atoms with van der Waals surface area (Å²) < 4.78 is 12.1. The number of nitrogens with one attached hydrogen (secondary N) is 1. The SMILES string of the molecule is O=C(NC12CCC(c3ncc(C4CC(O)C4)o3)(CC1)CC2)[C@H]1C[C@@H](O)c2cc(Cl)ccc2O1. The fraction of sp³-hybridized carbons (Fsp3) is 0.600. The lowest BCUT2D eigenvalue weighted by Crippen LogP contribution is -2.60. The second-order valence-corrected chi connectivity index (χ2v) is 10.9. The van der Waals surface area contributed by atoms with Crippen LogP contribution in [0.4, 0.5) is 0 Å². The third-order valence-corrected chi connectivity index (χ3v) is 8.69. The molecular formula is C25H29ClN2O5. The smallest absolute Gasteiger partial charge is 0.261 e. The Hall–Kier alpha value is -2.09. The van der Waals surface area contributed by atoms with Gasteiger partial charge in [-0.05, 0) is 69.6 Å². The topological polar surface area (TPSA) is 105 Å². The van der Waals surface area contributed by atoms with Crippen molar-refractivity contribution in [3.8, 4) is 5.75 Å². The molecule has 176 valence electrons. The van der Waals surface area contributed by atoms with Gasteiger partial charge in [0.15, 0.2) is 6.10 Å². The Morgan fingerprint density at radius 1 is 1.09 bits per heavy atom. The first kappa shape index (κ1) is 21.4. The van der Waals surface area contributed by atoms with Crippen molar-refractivity contribution in [2.75, 3.05) is 0 Å². The number of aromatic nitrogens is 1. The van der Waals surface area contributed by atoms with E-state index in [-0.39, 0.29) is 35.3 Å². The summed E-state index contributed by atoms with van der Waals surface area (Å²) in [7, 11) is 0. The number of benzene rings is 1. The molecule has 5 aliphatic rings.